The van der Waals surface area contributed by atoms with E-state index in [-0.39, 0.29) is 11.8 Å². The van der Waals surface area contributed by atoms with Gasteiger partial charge in [0.2, 0.25) is 5.91 Å². The van der Waals surface area contributed by atoms with Crippen LogP contribution in [0.2, 0.25) is 0 Å². The lowest BCUT2D eigenvalue weighted by Crippen LogP contribution is -2.36. The van der Waals surface area contributed by atoms with Gasteiger partial charge in [-0.25, -0.2) is 0 Å². The van der Waals surface area contributed by atoms with Crippen molar-refractivity contribution in [2.45, 2.75) is 12.8 Å². The van der Waals surface area contributed by atoms with Crippen molar-refractivity contribution in [3.63, 3.8) is 0 Å². The summed E-state index contributed by atoms with van der Waals surface area (Å²) in [5.41, 5.74) is 6.46. The number of carbonyl (C=O) groups excluding carboxylic acids is 1. The van der Waals surface area contributed by atoms with Gasteiger partial charge < -0.3 is 15.4 Å². The monoisotopic (exact) mass is 234 g/mol. The molecule has 4 heteroatoms. The number of hydrogen-bond donors (Lipinski definition) is 1. The molecule has 0 spiro atoms. The molecule has 1 aliphatic carbocycles. The van der Waals surface area contributed by atoms with E-state index in [1.54, 1.807) is 12.0 Å². The molecule has 1 saturated carbocycles. The van der Waals surface area contributed by atoms with Gasteiger partial charge in [0.25, 0.3) is 0 Å². The van der Waals surface area contributed by atoms with Crippen molar-refractivity contribution in [1.29, 1.82) is 0 Å². The SMILES string of the molecule is COc1ccc(N(CCN)C(=O)C2CC2)cc1. The average molecular weight is 234 g/mol. The number of rotatable bonds is 5. The first-order valence-corrected chi connectivity index (χ1v) is 5.91. The van der Waals surface area contributed by atoms with Crippen molar-refractivity contribution < 1.29 is 9.53 Å². The smallest absolute Gasteiger partial charge is 0.230 e. The van der Waals surface area contributed by atoms with Crippen LogP contribution in [0.4, 0.5) is 5.69 Å². The molecule has 1 fully saturated rings. The van der Waals surface area contributed by atoms with Crippen molar-refractivity contribution in [3.05, 3.63) is 24.3 Å². The minimum absolute atomic E-state index is 0.195. The number of amides is 1. The molecule has 1 aromatic rings. The third-order valence-electron chi connectivity index (χ3n) is 2.93. The Morgan fingerprint density at radius 1 is 1.41 bits per heavy atom. The summed E-state index contributed by atoms with van der Waals surface area (Å²) in [6, 6.07) is 7.52. The molecule has 0 bridgehead atoms. The fourth-order valence-electron chi connectivity index (χ4n) is 1.81. The predicted molar refractivity (Wildman–Crippen MR) is 67.1 cm³/mol. The maximum absolute atomic E-state index is 12.1. The average Bonchev–Trinajstić information content (AvgIpc) is 3.20. The second-order valence-corrected chi connectivity index (χ2v) is 4.25. The highest BCUT2D eigenvalue weighted by Crippen LogP contribution is 2.33. The number of benzene rings is 1. The summed E-state index contributed by atoms with van der Waals surface area (Å²) in [6.07, 6.45) is 2.02. The molecular weight excluding hydrogens is 216 g/mol. The molecule has 0 radical (unpaired) electrons. The highest BCUT2D eigenvalue weighted by Gasteiger charge is 2.33. The second-order valence-electron chi connectivity index (χ2n) is 4.25. The van der Waals surface area contributed by atoms with Gasteiger partial charge >= 0.3 is 0 Å². The van der Waals surface area contributed by atoms with Gasteiger partial charge in [-0.15, -0.1) is 0 Å². The van der Waals surface area contributed by atoms with Crippen molar-refractivity contribution in [1.82, 2.24) is 0 Å². The van der Waals surface area contributed by atoms with Crippen LogP contribution in [0, 0.1) is 5.92 Å². The van der Waals surface area contributed by atoms with Gasteiger partial charge in [0.1, 0.15) is 5.75 Å². The second kappa shape index (κ2) is 5.19. The number of anilines is 1. The largest absolute Gasteiger partial charge is 0.497 e. The molecule has 4 nitrogen and oxygen atoms in total. The summed E-state index contributed by atoms with van der Waals surface area (Å²) in [5, 5.41) is 0. The minimum Gasteiger partial charge on any atom is -0.497 e. The first-order chi connectivity index (χ1) is 8.26. The number of carbonyl (C=O) groups is 1. The van der Waals surface area contributed by atoms with Crippen LogP contribution >= 0.6 is 0 Å². The fourth-order valence-corrected chi connectivity index (χ4v) is 1.81. The molecular formula is C13H18N2O2. The summed E-state index contributed by atoms with van der Waals surface area (Å²) in [4.78, 5) is 13.9. The van der Waals surface area contributed by atoms with E-state index in [2.05, 4.69) is 0 Å². The summed E-state index contributed by atoms with van der Waals surface area (Å²) in [5.74, 6) is 1.20. The lowest BCUT2D eigenvalue weighted by Gasteiger charge is -2.22. The van der Waals surface area contributed by atoms with E-state index >= 15 is 0 Å². The molecule has 92 valence electrons. The Morgan fingerprint density at radius 2 is 2.06 bits per heavy atom. The van der Waals surface area contributed by atoms with Crippen LogP contribution in [-0.2, 0) is 4.79 Å². The molecule has 0 aromatic heterocycles. The Morgan fingerprint density at radius 3 is 2.53 bits per heavy atom. The Labute approximate surface area is 101 Å². The minimum atomic E-state index is 0.195. The van der Waals surface area contributed by atoms with E-state index in [0.29, 0.717) is 13.1 Å². The number of nitrogens with zero attached hydrogens (tertiary/aromatic N) is 1. The molecule has 17 heavy (non-hydrogen) atoms. The van der Waals surface area contributed by atoms with Crippen LogP contribution in [-0.4, -0.2) is 26.1 Å². The van der Waals surface area contributed by atoms with Crippen molar-refractivity contribution in [2.75, 3.05) is 25.1 Å². The maximum Gasteiger partial charge on any atom is 0.230 e. The highest BCUT2D eigenvalue weighted by atomic mass is 16.5. The normalized spacial score (nSPS) is 14.5. The third-order valence-corrected chi connectivity index (χ3v) is 2.93. The van der Waals surface area contributed by atoms with Gasteiger partial charge in [0.05, 0.1) is 7.11 Å². The standard InChI is InChI=1S/C13H18N2O2/c1-17-12-6-4-11(5-7-12)15(9-8-14)13(16)10-2-3-10/h4-7,10H,2-3,8-9,14H2,1H3. The first-order valence-electron chi connectivity index (χ1n) is 5.91. The van der Waals surface area contributed by atoms with Crippen molar-refractivity contribution in [3.8, 4) is 5.75 Å². The fraction of sp³-hybridized carbons (Fsp3) is 0.462. The van der Waals surface area contributed by atoms with Crippen LogP contribution in [0.3, 0.4) is 0 Å². The Bertz CT molecular complexity index is 385. The lowest BCUT2D eigenvalue weighted by atomic mass is 10.2. The molecule has 1 aromatic carbocycles. The van der Waals surface area contributed by atoms with Gasteiger partial charge in [0, 0.05) is 24.7 Å². The summed E-state index contributed by atoms with van der Waals surface area (Å²) in [6.45, 7) is 1.05. The van der Waals surface area contributed by atoms with E-state index in [4.69, 9.17) is 10.5 Å². The summed E-state index contributed by atoms with van der Waals surface area (Å²) >= 11 is 0. The summed E-state index contributed by atoms with van der Waals surface area (Å²) < 4.78 is 5.10. The summed E-state index contributed by atoms with van der Waals surface area (Å²) in [7, 11) is 1.63. The molecule has 0 saturated heterocycles. The van der Waals surface area contributed by atoms with Crippen LogP contribution in [0.25, 0.3) is 0 Å². The molecule has 2 N–H and O–H groups in total. The van der Waals surface area contributed by atoms with Gasteiger partial charge in [-0.1, -0.05) is 0 Å². The first kappa shape index (κ1) is 11.9. The van der Waals surface area contributed by atoms with Gasteiger partial charge in [-0.3, -0.25) is 4.79 Å². The predicted octanol–water partition coefficient (Wildman–Crippen LogP) is 1.40. The molecule has 0 aliphatic heterocycles. The molecule has 0 unspecified atom stereocenters. The van der Waals surface area contributed by atoms with Crippen LogP contribution < -0.4 is 15.4 Å². The van der Waals surface area contributed by atoms with Crippen LogP contribution in [0.5, 0.6) is 5.75 Å². The molecule has 1 amide bonds. The molecule has 0 atom stereocenters. The molecule has 0 heterocycles. The van der Waals surface area contributed by atoms with E-state index in [1.165, 1.54) is 0 Å². The lowest BCUT2D eigenvalue weighted by molar-refractivity contribution is -0.119. The number of ether oxygens (including phenoxy) is 1. The van der Waals surface area contributed by atoms with E-state index < -0.39 is 0 Å². The van der Waals surface area contributed by atoms with E-state index in [1.807, 2.05) is 24.3 Å². The quantitative estimate of drug-likeness (QED) is 0.837. The number of methoxy groups -OCH3 is 1. The maximum atomic E-state index is 12.1. The highest BCUT2D eigenvalue weighted by molar-refractivity contribution is 5.96. The zero-order chi connectivity index (χ0) is 12.3. The zero-order valence-corrected chi connectivity index (χ0v) is 10.1. The molecule has 2 rings (SSSR count). The van der Waals surface area contributed by atoms with Crippen LogP contribution in [0.1, 0.15) is 12.8 Å². The van der Waals surface area contributed by atoms with Crippen LogP contribution in [0.15, 0.2) is 24.3 Å². The van der Waals surface area contributed by atoms with Crippen molar-refractivity contribution >= 4 is 11.6 Å². The zero-order valence-electron chi connectivity index (χ0n) is 10.1. The number of hydrogen-bond acceptors (Lipinski definition) is 3. The Hall–Kier alpha value is -1.55. The van der Waals surface area contributed by atoms with E-state index in [0.717, 1.165) is 24.3 Å². The van der Waals surface area contributed by atoms with Crippen molar-refractivity contribution in [2.24, 2.45) is 11.7 Å². The van der Waals surface area contributed by atoms with Gasteiger partial charge in [0.15, 0.2) is 0 Å². The Balaban J connectivity index is 2.15. The topological polar surface area (TPSA) is 55.6 Å². The van der Waals surface area contributed by atoms with Gasteiger partial charge in [-0.2, -0.15) is 0 Å². The third kappa shape index (κ3) is 2.77. The number of nitrogens with two attached hydrogens (primary N) is 1. The van der Waals surface area contributed by atoms with E-state index in [9.17, 15) is 4.79 Å². The Kier molecular flexibility index (Phi) is 3.64. The molecule has 1 aliphatic rings. The van der Waals surface area contributed by atoms with Gasteiger partial charge in [-0.05, 0) is 37.1 Å².